The molecule has 2 aliphatic rings. The fourth-order valence-electron chi connectivity index (χ4n) is 4.36. The highest BCUT2D eigenvalue weighted by molar-refractivity contribution is 5.34. The SMILES string of the molecule is Oc1ccc(OC(F)(F)C2CCC(C3CCCCC3)CC2)c(F)c1F. The molecule has 0 atom stereocenters. The van der Waals surface area contributed by atoms with Gasteiger partial charge in [-0.2, -0.15) is 17.6 Å². The second-order valence-corrected chi connectivity index (χ2v) is 7.38. The van der Waals surface area contributed by atoms with E-state index in [1.165, 1.54) is 32.1 Å². The Balaban J connectivity index is 1.61. The van der Waals surface area contributed by atoms with Crippen LogP contribution in [0.25, 0.3) is 0 Å². The van der Waals surface area contributed by atoms with E-state index in [-0.39, 0.29) is 0 Å². The molecule has 1 aromatic carbocycles. The lowest BCUT2D eigenvalue weighted by Crippen LogP contribution is -2.38. The lowest BCUT2D eigenvalue weighted by molar-refractivity contribution is -0.225. The number of halogens is 4. The van der Waals surface area contributed by atoms with Crippen LogP contribution in [0.2, 0.25) is 0 Å². The maximum absolute atomic E-state index is 14.4. The van der Waals surface area contributed by atoms with Crippen LogP contribution in [0.4, 0.5) is 17.6 Å². The molecule has 0 saturated heterocycles. The molecule has 0 amide bonds. The van der Waals surface area contributed by atoms with Gasteiger partial charge in [0.15, 0.2) is 11.5 Å². The van der Waals surface area contributed by atoms with Crippen molar-refractivity contribution in [2.75, 3.05) is 0 Å². The molecular weight excluding hydrogens is 336 g/mol. The molecule has 3 rings (SSSR count). The number of alkyl halides is 2. The third-order valence-corrected chi connectivity index (χ3v) is 5.84. The Bertz CT molecular complexity index is 591. The van der Waals surface area contributed by atoms with Gasteiger partial charge in [-0.25, -0.2) is 0 Å². The fraction of sp³-hybridized carbons (Fsp3) is 0.684. The van der Waals surface area contributed by atoms with Crippen molar-refractivity contribution in [2.45, 2.75) is 63.9 Å². The van der Waals surface area contributed by atoms with Gasteiger partial charge in [0.25, 0.3) is 0 Å². The number of aromatic hydroxyl groups is 1. The van der Waals surface area contributed by atoms with Crippen molar-refractivity contribution in [3.05, 3.63) is 23.8 Å². The average molecular weight is 360 g/mol. The first-order chi connectivity index (χ1) is 11.9. The van der Waals surface area contributed by atoms with Crippen molar-refractivity contribution in [3.8, 4) is 11.5 Å². The number of hydrogen-bond acceptors (Lipinski definition) is 2. The molecule has 0 radical (unpaired) electrons. The highest BCUT2D eigenvalue weighted by Gasteiger charge is 2.45. The molecule has 1 N–H and O–H groups in total. The van der Waals surface area contributed by atoms with Gasteiger partial charge in [-0.15, -0.1) is 0 Å². The molecule has 1 aromatic rings. The van der Waals surface area contributed by atoms with E-state index < -0.39 is 35.2 Å². The van der Waals surface area contributed by atoms with Crippen LogP contribution in [0.1, 0.15) is 57.8 Å². The smallest absolute Gasteiger partial charge is 0.400 e. The standard InChI is InChI=1S/C19H24F4O2/c20-17-15(24)10-11-16(18(17)21)25-19(22,23)14-8-6-13(7-9-14)12-4-2-1-3-5-12/h10-14,24H,1-9H2. The van der Waals surface area contributed by atoms with Gasteiger partial charge >= 0.3 is 6.11 Å². The molecule has 2 saturated carbocycles. The van der Waals surface area contributed by atoms with Crippen LogP contribution in [0.5, 0.6) is 11.5 Å². The van der Waals surface area contributed by atoms with Crippen molar-refractivity contribution in [3.63, 3.8) is 0 Å². The normalized spacial score (nSPS) is 25.8. The summed E-state index contributed by atoms with van der Waals surface area (Å²) in [7, 11) is 0. The second kappa shape index (κ2) is 7.42. The van der Waals surface area contributed by atoms with Crippen LogP contribution in [-0.2, 0) is 0 Å². The van der Waals surface area contributed by atoms with E-state index in [9.17, 15) is 17.6 Å². The lowest BCUT2D eigenvalue weighted by Gasteiger charge is -2.37. The Morgan fingerprint density at radius 3 is 2.08 bits per heavy atom. The van der Waals surface area contributed by atoms with Gasteiger partial charge in [-0.3, -0.25) is 0 Å². The zero-order chi connectivity index (χ0) is 18.0. The molecule has 25 heavy (non-hydrogen) atoms. The maximum Gasteiger partial charge on any atom is 0.400 e. The van der Waals surface area contributed by atoms with Crippen molar-refractivity contribution in [1.82, 2.24) is 0 Å². The molecule has 0 aromatic heterocycles. The zero-order valence-corrected chi connectivity index (χ0v) is 14.1. The predicted octanol–water partition coefficient (Wildman–Crippen LogP) is 6.03. The Kier molecular flexibility index (Phi) is 5.44. The summed E-state index contributed by atoms with van der Waals surface area (Å²) < 4.78 is 60.3. The highest BCUT2D eigenvalue weighted by atomic mass is 19.3. The van der Waals surface area contributed by atoms with E-state index in [2.05, 4.69) is 4.74 Å². The quantitative estimate of drug-likeness (QED) is 0.665. The number of phenols is 1. The van der Waals surface area contributed by atoms with Gasteiger partial charge in [0, 0.05) is 0 Å². The van der Waals surface area contributed by atoms with Gasteiger partial charge in [-0.05, 0) is 49.7 Å². The summed E-state index contributed by atoms with van der Waals surface area (Å²) in [4.78, 5) is 0. The van der Waals surface area contributed by atoms with E-state index in [4.69, 9.17) is 5.11 Å². The van der Waals surface area contributed by atoms with Crippen molar-refractivity contribution in [2.24, 2.45) is 17.8 Å². The van der Waals surface area contributed by atoms with E-state index in [0.29, 0.717) is 24.7 Å². The zero-order valence-electron chi connectivity index (χ0n) is 14.1. The predicted molar refractivity (Wildman–Crippen MR) is 85.6 cm³/mol. The average Bonchev–Trinajstić information content (AvgIpc) is 2.63. The summed E-state index contributed by atoms with van der Waals surface area (Å²) in [6, 6.07) is 1.64. The molecule has 0 heterocycles. The van der Waals surface area contributed by atoms with E-state index in [1.807, 2.05) is 0 Å². The van der Waals surface area contributed by atoms with E-state index in [1.54, 1.807) is 0 Å². The maximum atomic E-state index is 14.4. The van der Waals surface area contributed by atoms with Crippen molar-refractivity contribution in [1.29, 1.82) is 0 Å². The summed E-state index contributed by atoms with van der Waals surface area (Å²) in [6.07, 6.45) is 4.70. The first kappa shape index (κ1) is 18.3. The largest absolute Gasteiger partial charge is 0.505 e. The molecule has 0 spiro atoms. The molecule has 2 aliphatic carbocycles. The third kappa shape index (κ3) is 4.04. The van der Waals surface area contributed by atoms with E-state index >= 15 is 0 Å². The molecular formula is C19H24F4O2. The molecule has 6 heteroatoms. The number of ether oxygens (including phenoxy) is 1. The first-order valence-electron chi connectivity index (χ1n) is 9.12. The Labute approximate surface area is 145 Å². The molecule has 2 nitrogen and oxygen atoms in total. The summed E-state index contributed by atoms with van der Waals surface area (Å²) in [5.74, 6) is -4.81. The van der Waals surface area contributed by atoms with Crippen LogP contribution < -0.4 is 4.74 Å². The minimum absolute atomic E-state index is 0.330. The number of rotatable bonds is 4. The lowest BCUT2D eigenvalue weighted by atomic mass is 9.71. The van der Waals surface area contributed by atoms with Crippen LogP contribution in [0.3, 0.4) is 0 Å². The second-order valence-electron chi connectivity index (χ2n) is 7.38. The summed E-state index contributed by atoms with van der Waals surface area (Å²) in [5, 5.41) is 9.07. The summed E-state index contributed by atoms with van der Waals surface area (Å²) >= 11 is 0. The summed E-state index contributed by atoms with van der Waals surface area (Å²) in [5.41, 5.74) is 0. The topological polar surface area (TPSA) is 29.5 Å². The Hall–Kier alpha value is -1.46. The molecule has 0 bridgehead atoms. The van der Waals surface area contributed by atoms with Gasteiger partial charge in [0.1, 0.15) is 0 Å². The Morgan fingerprint density at radius 2 is 1.44 bits per heavy atom. The third-order valence-electron chi connectivity index (χ3n) is 5.84. The molecule has 2 fully saturated rings. The first-order valence-corrected chi connectivity index (χ1v) is 9.12. The fourth-order valence-corrected chi connectivity index (χ4v) is 4.36. The van der Waals surface area contributed by atoms with Crippen LogP contribution in [-0.4, -0.2) is 11.2 Å². The number of phenolic OH excluding ortho intramolecular Hbond substituents is 1. The van der Waals surface area contributed by atoms with Crippen LogP contribution in [0.15, 0.2) is 12.1 Å². The van der Waals surface area contributed by atoms with Crippen LogP contribution in [0, 0.1) is 29.4 Å². The molecule has 140 valence electrons. The van der Waals surface area contributed by atoms with Gasteiger partial charge < -0.3 is 9.84 Å². The number of hydrogen-bond donors (Lipinski definition) is 1. The summed E-state index contributed by atoms with van der Waals surface area (Å²) in [6.45, 7) is 0. The molecule has 0 unspecified atom stereocenters. The van der Waals surface area contributed by atoms with E-state index in [0.717, 1.165) is 25.0 Å². The van der Waals surface area contributed by atoms with Crippen molar-refractivity contribution >= 4 is 0 Å². The Morgan fingerprint density at radius 1 is 0.840 bits per heavy atom. The van der Waals surface area contributed by atoms with Gasteiger partial charge in [0.05, 0.1) is 5.92 Å². The van der Waals surface area contributed by atoms with Gasteiger partial charge in [0.2, 0.25) is 11.6 Å². The van der Waals surface area contributed by atoms with Crippen LogP contribution >= 0.6 is 0 Å². The number of benzene rings is 1. The van der Waals surface area contributed by atoms with Crippen molar-refractivity contribution < 1.29 is 27.4 Å². The minimum atomic E-state index is -3.55. The monoisotopic (exact) mass is 360 g/mol. The molecule has 0 aliphatic heterocycles. The minimum Gasteiger partial charge on any atom is -0.505 e. The van der Waals surface area contributed by atoms with Gasteiger partial charge in [-0.1, -0.05) is 32.1 Å². The highest BCUT2D eigenvalue weighted by Crippen LogP contribution is 2.45.